The number of aliphatic hydroxyl groups is 1. The molecule has 8 nitrogen and oxygen atoms in total. The molecule has 28 heavy (non-hydrogen) atoms. The average molecular weight is 391 g/mol. The zero-order chi connectivity index (χ0) is 20.7. The van der Waals surface area contributed by atoms with E-state index < -0.39 is 12.1 Å². The van der Waals surface area contributed by atoms with Gasteiger partial charge in [-0.05, 0) is 36.5 Å². The van der Waals surface area contributed by atoms with Gasteiger partial charge in [0.2, 0.25) is 5.91 Å². The Morgan fingerprint density at radius 2 is 1.96 bits per heavy atom. The quantitative estimate of drug-likeness (QED) is 0.517. The summed E-state index contributed by atoms with van der Waals surface area (Å²) in [6.07, 6.45) is 0.876. The van der Waals surface area contributed by atoms with Crippen LogP contribution in [0.4, 0.5) is 4.79 Å². The first-order valence-electron chi connectivity index (χ1n) is 9.50. The van der Waals surface area contributed by atoms with Crippen molar-refractivity contribution in [1.82, 2.24) is 15.5 Å². The number of carbonyl (C=O) groups excluding carboxylic acids is 3. The SMILES string of the molecule is COc1ccc(CCN2C(=O)NC(CCC(=O)N[C@H](CO)C(C)C)C2=O)cc1. The molecule has 1 aromatic carbocycles. The lowest BCUT2D eigenvalue weighted by atomic mass is 10.0. The van der Waals surface area contributed by atoms with E-state index in [0.717, 1.165) is 11.3 Å². The molecule has 0 spiro atoms. The zero-order valence-corrected chi connectivity index (χ0v) is 16.6. The number of aliphatic hydroxyl groups excluding tert-OH is 1. The van der Waals surface area contributed by atoms with Crippen molar-refractivity contribution in [2.24, 2.45) is 5.92 Å². The third kappa shape index (κ3) is 5.69. The van der Waals surface area contributed by atoms with Crippen LogP contribution in [0.25, 0.3) is 0 Å². The van der Waals surface area contributed by atoms with Gasteiger partial charge in [0.25, 0.3) is 5.91 Å². The fourth-order valence-electron chi connectivity index (χ4n) is 2.99. The monoisotopic (exact) mass is 391 g/mol. The Balaban J connectivity index is 1.82. The Morgan fingerprint density at radius 1 is 1.29 bits per heavy atom. The molecule has 3 N–H and O–H groups in total. The van der Waals surface area contributed by atoms with Crippen molar-refractivity contribution in [3.63, 3.8) is 0 Å². The van der Waals surface area contributed by atoms with Crippen molar-refractivity contribution in [3.8, 4) is 5.75 Å². The fourth-order valence-corrected chi connectivity index (χ4v) is 2.99. The summed E-state index contributed by atoms with van der Waals surface area (Å²) in [6, 6.07) is 6.01. The van der Waals surface area contributed by atoms with Crippen LogP contribution < -0.4 is 15.4 Å². The Hall–Kier alpha value is -2.61. The molecule has 2 atom stereocenters. The van der Waals surface area contributed by atoms with Crippen LogP contribution in [0, 0.1) is 5.92 Å². The van der Waals surface area contributed by atoms with E-state index in [-0.39, 0.29) is 49.8 Å². The molecule has 0 bridgehead atoms. The molecule has 154 valence electrons. The highest BCUT2D eigenvalue weighted by Gasteiger charge is 2.37. The first kappa shape index (κ1) is 21.7. The van der Waals surface area contributed by atoms with Gasteiger partial charge in [0.15, 0.2) is 0 Å². The number of urea groups is 1. The van der Waals surface area contributed by atoms with Crippen LogP contribution in [0.5, 0.6) is 5.75 Å². The molecule has 1 aliphatic rings. The Morgan fingerprint density at radius 3 is 2.54 bits per heavy atom. The zero-order valence-electron chi connectivity index (χ0n) is 16.6. The first-order valence-corrected chi connectivity index (χ1v) is 9.50. The normalized spacial score (nSPS) is 17.6. The van der Waals surface area contributed by atoms with Crippen LogP contribution in [0.2, 0.25) is 0 Å². The molecule has 4 amide bonds. The average Bonchev–Trinajstić information content (AvgIpc) is 2.96. The maximum atomic E-state index is 12.5. The highest BCUT2D eigenvalue weighted by molar-refractivity contribution is 6.04. The summed E-state index contributed by atoms with van der Waals surface area (Å²) in [4.78, 5) is 37.8. The van der Waals surface area contributed by atoms with Crippen LogP contribution in [-0.4, -0.2) is 60.2 Å². The van der Waals surface area contributed by atoms with Gasteiger partial charge < -0.3 is 20.5 Å². The van der Waals surface area contributed by atoms with Crippen molar-refractivity contribution >= 4 is 17.8 Å². The van der Waals surface area contributed by atoms with E-state index in [2.05, 4.69) is 10.6 Å². The summed E-state index contributed by atoms with van der Waals surface area (Å²) < 4.78 is 5.11. The van der Waals surface area contributed by atoms with Crippen molar-refractivity contribution in [1.29, 1.82) is 0 Å². The lowest BCUT2D eigenvalue weighted by Crippen LogP contribution is -2.42. The van der Waals surface area contributed by atoms with Crippen LogP contribution in [0.3, 0.4) is 0 Å². The predicted octanol–water partition coefficient (Wildman–Crippen LogP) is 1.07. The molecule has 0 aromatic heterocycles. The molecule has 0 radical (unpaired) electrons. The molecule has 1 fully saturated rings. The Labute approximate surface area is 165 Å². The minimum absolute atomic E-state index is 0.103. The third-order valence-electron chi connectivity index (χ3n) is 4.90. The van der Waals surface area contributed by atoms with Gasteiger partial charge in [-0.1, -0.05) is 26.0 Å². The summed E-state index contributed by atoms with van der Waals surface area (Å²) in [6.45, 7) is 3.95. The molecule has 0 aliphatic carbocycles. The number of amides is 4. The van der Waals surface area contributed by atoms with E-state index in [9.17, 15) is 19.5 Å². The second-order valence-corrected chi connectivity index (χ2v) is 7.23. The maximum Gasteiger partial charge on any atom is 0.324 e. The topological polar surface area (TPSA) is 108 Å². The second-order valence-electron chi connectivity index (χ2n) is 7.23. The van der Waals surface area contributed by atoms with Gasteiger partial charge in [0.05, 0.1) is 19.8 Å². The van der Waals surface area contributed by atoms with Gasteiger partial charge in [0, 0.05) is 13.0 Å². The number of ether oxygens (including phenoxy) is 1. The largest absolute Gasteiger partial charge is 0.497 e. The molecule has 1 saturated heterocycles. The highest BCUT2D eigenvalue weighted by Crippen LogP contribution is 2.15. The number of hydrogen-bond donors (Lipinski definition) is 3. The van der Waals surface area contributed by atoms with Crippen molar-refractivity contribution < 1.29 is 24.2 Å². The lowest BCUT2D eigenvalue weighted by Gasteiger charge is -2.20. The van der Waals surface area contributed by atoms with Gasteiger partial charge in [0.1, 0.15) is 11.8 Å². The minimum atomic E-state index is -0.694. The third-order valence-corrected chi connectivity index (χ3v) is 4.90. The number of benzene rings is 1. The van der Waals surface area contributed by atoms with E-state index in [1.807, 2.05) is 38.1 Å². The van der Waals surface area contributed by atoms with Gasteiger partial charge in [-0.2, -0.15) is 0 Å². The summed E-state index contributed by atoms with van der Waals surface area (Å²) in [7, 11) is 1.59. The highest BCUT2D eigenvalue weighted by atomic mass is 16.5. The summed E-state index contributed by atoms with van der Waals surface area (Å²) in [5.41, 5.74) is 0.993. The molecular weight excluding hydrogens is 362 g/mol. The number of carbonyl (C=O) groups is 3. The molecule has 1 aromatic rings. The number of methoxy groups -OCH3 is 1. The van der Waals surface area contributed by atoms with Crippen LogP contribution in [0.15, 0.2) is 24.3 Å². The predicted molar refractivity (Wildman–Crippen MR) is 104 cm³/mol. The van der Waals surface area contributed by atoms with E-state index in [0.29, 0.717) is 6.42 Å². The van der Waals surface area contributed by atoms with Gasteiger partial charge in [-0.15, -0.1) is 0 Å². The molecule has 1 heterocycles. The van der Waals surface area contributed by atoms with Crippen LogP contribution >= 0.6 is 0 Å². The molecule has 2 rings (SSSR count). The lowest BCUT2D eigenvalue weighted by molar-refractivity contribution is -0.127. The van der Waals surface area contributed by atoms with Crippen molar-refractivity contribution in [3.05, 3.63) is 29.8 Å². The maximum absolute atomic E-state index is 12.5. The minimum Gasteiger partial charge on any atom is -0.497 e. The van der Waals surface area contributed by atoms with Crippen molar-refractivity contribution in [2.45, 2.75) is 45.2 Å². The van der Waals surface area contributed by atoms with Crippen LogP contribution in [-0.2, 0) is 16.0 Å². The fraction of sp³-hybridized carbons (Fsp3) is 0.550. The standard InChI is InChI=1S/C20H29N3O5/c1-13(2)17(12-24)21-18(25)9-8-16-19(26)23(20(27)22-16)11-10-14-4-6-15(28-3)7-5-14/h4-7,13,16-17,24H,8-12H2,1-3H3,(H,21,25)(H,22,27)/t16?,17-/m1/s1. The van der Waals surface area contributed by atoms with E-state index >= 15 is 0 Å². The summed E-state index contributed by atoms with van der Waals surface area (Å²) >= 11 is 0. The molecule has 1 unspecified atom stereocenters. The molecular formula is C20H29N3O5. The number of rotatable bonds is 10. The van der Waals surface area contributed by atoms with E-state index in [1.165, 1.54) is 4.90 Å². The summed E-state index contributed by atoms with van der Waals surface area (Å²) in [5.74, 6) is 0.300. The van der Waals surface area contributed by atoms with Crippen LogP contribution in [0.1, 0.15) is 32.3 Å². The van der Waals surface area contributed by atoms with Gasteiger partial charge in [-0.3, -0.25) is 14.5 Å². The molecule has 8 heteroatoms. The summed E-state index contributed by atoms with van der Waals surface area (Å²) in [5, 5.41) is 14.7. The number of hydrogen-bond acceptors (Lipinski definition) is 5. The number of imide groups is 1. The first-order chi connectivity index (χ1) is 13.3. The number of nitrogens with zero attached hydrogens (tertiary/aromatic N) is 1. The Bertz CT molecular complexity index is 690. The molecule has 1 aliphatic heterocycles. The van der Waals surface area contributed by atoms with Gasteiger partial charge >= 0.3 is 6.03 Å². The smallest absolute Gasteiger partial charge is 0.324 e. The molecule has 0 saturated carbocycles. The van der Waals surface area contributed by atoms with Gasteiger partial charge in [-0.25, -0.2) is 4.79 Å². The second kappa shape index (κ2) is 10.1. The Kier molecular flexibility index (Phi) is 7.80. The van der Waals surface area contributed by atoms with E-state index in [1.54, 1.807) is 7.11 Å². The number of nitrogens with one attached hydrogen (secondary N) is 2. The van der Waals surface area contributed by atoms with Crippen molar-refractivity contribution in [2.75, 3.05) is 20.3 Å². The van der Waals surface area contributed by atoms with E-state index in [4.69, 9.17) is 4.74 Å².